The van der Waals surface area contributed by atoms with Crippen LogP contribution in [0.2, 0.25) is 0 Å². The van der Waals surface area contributed by atoms with Crippen molar-refractivity contribution in [3.05, 3.63) is 12.2 Å². The second-order valence-corrected chi connectivity index (χ2v) is 4.97. The van der Waals surface area contributed by atoms with E-state index in [4.69, 9.17) is 0 Å². The monoisotopic (exact) mass is 194 g/mol. The lowest BCUT2D eigenvalue weighted by Gasteiger charge is -2.35. The summed E-state index contributed by atoms with van der Waals surface area (Å²) in [6.45, 7) is 0. The first kappa shape index (κ1) is 10.2. The zero-order chi connectivity index (χ0) is 9.86. The van der Waals surface area contributed by atoms with Gasteiger partial charge in [0.2, 0.25) is 0 Å². The minimum Gasteiger partial charge on any atom is -0.386 e. The fraction of sp³-hybridized carbons (Fsp3) is 0.846. The van der Waals surface area contributed by atoms with E-state index in [1.54, 1.807) is 0 Å². The zero-order valence-corrected chi connectivity index (χ0v) is 9.04. The van der Waals surface area contributed by atoms with Crippen LogP contribution in [-0.2, 0) is 0 Å². The maximum absolute atomic E-state index is 10.5. The molecule has 1 fully saturated rings. The Morgan fingerprint density at radius 3 is 2.29 bits per heavy atom. The Balaban J connectivity index is 2.03. The molecular weight excluding hydrogens is 172 g/mol. The molecule has 0 saturated heterocycles. The van der Waals surface area contributed by atoms with E-state index >= 15 is 0 Å². The minimum absolute atomic E-state index is 0.442. The van der Waals surface area contributed by atoms with Crippen LogP contribution in [0.4, 0.5) is 0 Å². The Labute approximate surface area is 87.2 Å². The first-order valence-electron chi connectivity index (χ1n) is 6.21. The summed E-state index contributed by atoms with van der Waals surface area (Å²) in [7, 11) is 0. The Hall–Kier alpha value is -0.300. The number of hydrogen-bond donors (Lipinski definition) is 1. The van der Waals surface area contributed by atoms with E-state index in [1.165, 1.54) is 44.9 Å². The van der Waals surface area contributed by atoms with Gasteiger partial charge in [-0.2, -0.15) is 0 Å². The van der Waals surface area contributed by atoms with E-state index in [2.05, 4.69) is 12.2 Å². The molecule has 0 radical (unpaired) electrons. The van der Waals surface area contributed by atoms with Crippen molar-refractivity contribution in [1.29, 1.82) is 0 Å². The van der Waals surface area contributed by atoms with Crippen molar-refractivity contribution in [3.8, 4) is 0 Å². The van der Waals surface area contributed by atoms with Crippen molar-refractivity contribution in [2.24, 2.45) is 5.92 Å². The highest BCUT2D eigenvalue weighted by atomic mass is 16.3. The first-order valence-corrected chi connectivity index (χ1v) is 6.21. The van der Waals surface area contributed by atoms with Gasteiger partial charge in [0.25, 0.3) is 0 Å². The molecule has 2 aliphatic rings. The van der Waals surface area contributed by atoms with Gasteiger partial charge in [0.1, 0.15) is 0 Å². The fourth-order valence-corrected chi connectivity index (χ4v) is 2.99. The molecular formula is C13H22O. The Bertz CT molecular complexity index is 201. The molecule has 0 aromatic heterocycles. The number of aliphatic hydroxyl groups is 1. The molecule has 1 unspecified atom stereocenters. The largest absolute Gasteiger partial charge is 0.386 e. The standard InChI is InChI=1S/C13H22O/c14-13(10-6-3-7-11-13)12-8-4-1-2-5-9-12/h6,10,12,14H,1-5,7-9,11H2. The van der Waals surface area contributed by atoms with Crippen molar-refractivity contribution >= 4 is 0 Å². The molecule has 0 aliphatic heterocycles. The number of allylic oxidation sites excluding steroid dienone is 1. The summed E-state index contributed by atoms with van der Waals surface area (Å²) in [6, 6.07) is 0. The van der Waals surface area contributed by atoms with Crippen LogP contribution in [0.15, 0.2) is 12.2 Å². The lowest BCUT2D eigenvalue weighted by Crippen LogP contribution is -2.36. The molecule has 1 atom stereocenters. The Morgan fingerprint density at radius 1 is 1.00 bits per heavy atom. The highest BCUT2D eigenvalue weighted by molar-refractivity contribution is 5.08. The summed E-state index contributed by atoms with van der Waals surface area (Å²) in [4.78, 5) is 0. The van der Waals surface area contributed by atoms with Crippen molar-refractivity contribution in [2.75, 3.05) is 0 Å². The summed E-state index contributed by atoms with van der Waals surface area (Å²) in [5, 5.41) is 10.5. The molecule has 0 spiro atoms. The molecule has 14 heavy (non-hydrogen) atoms. The predicted octanol–water partition coefficient (Wildman–Crippen LogP) is 3.43. The lowest BCUT2D eigenvalue weighted by atomic mass is 9.76. The van der Waals surface area contributed by atoms with Crippen LogP contribution < -0.4 is 0 Å². The molecule has 1 N–H and O–H groups in total. The summed E-state index contributed by atoms with van der Waals surface area (Å²) in [5.41, 5.74) is -0.442. The van der Waals surface area contributed by atoms with Gasteiger partial charge in [0, 0.05) is 0 Å². The van der Waals surface area contributed by atoms with E-state index in [9.17, 15) is 5.11 Å². The van der Waals surface area contributed by atoms with Crippen molar-refractivity contribution < 1.29 is 5.11 Å². The fourth-order valence-electron chi connectivity index (χ4n) is 2.99. The molecule has 2 aliphatic carbocycles. The quantitative estimate of drug-likeness (QED) is 0.501. The molecule has 2 rings (SSSR count). The molecule has 0 aromatic carbocycles. The molecule has 1 nitrogen and oxygen atoms in total. The molecule has 0 heterocycles. The van der Waals surface area contributed by atoms with Gasteiger partial charge in [0.05, 0.1) is 5.60 Å². The van der Waals surface area contributed by atoms with Gasteiger partial charge in [-0.25, -0.2) is 0 Å². The average molecular weight is 194 g/mol. The third-order valence-corrected chi connectivity index (χ3v) is 3.92. The maximum atomic E-state index is 10.5. The minimum atomic E-state index is -0.442. The van der Waals surface area contributed by atoms with Gasteiger partial charge in [0.15, 0.2) is 0 Å². The summed E-state index contributed by atoms with van der Waals surface area (Å²) in [5.74, 6) is 0.543. The van der Waals surface area contributed by atoms with E-state index in [-0.39, 0.29) is 0 Å². The Morgan fingerprint density at radius 2 is 1.71 bits per heavy atom. The van der Waals surface area contributed by atoms with Gasteiger partial charge >= 0.3 is 0 Å². The second kappa shape index (κ2) is 4.48. The van der Waals surface area contributed by atoms with E-state index < -0.39 is 5.60 Å². The van der Waals surface area contributed by atoms with Crippen LogP contribution in [0.5, 0.6) is 0 Å². The summed E-state index contributed by atoms with van der Waals surface area (Å²) < 4.78 is 0. The van der Waals surface area contributed by atoms with Crippen LogP contribution in [0.3, 0.4) is 0 Å². The predicted molar refractivity (Wildman–Crippen MR) is 59.1 cm³/mol. The topological polar surface area (TPSA) is 20.2 Å². The van der Waals surface area contributed by atoms with Gasteiger partial charge in [-0.1, -0.05) is 37.8 Å². The first-order chi connectivity index (χ1) is 6.81. The van der Waals surface area contributed by atoms with Crippen molar-refractivity contribution in [1.82, 2.24) is 0 Å². The van der Waals surface area contributed by atoms with Crippen LogP contribution in [0.25, 0.3) is 0 Å². The SMILES string of the molecule is OC1(C2CCCCCC2)C=CCCC1. The van der Waals surface area contributed by atoms with E-state index in [0.717, 1.165) is 12.8 Å². The highest BCUT2D eigenvalue weighted by Gasteiger charge is 2.34. The molecule has 0 amide bonds. The van der Waals surface area contributed by atoms with Gasteiger partial charge < -0.3 is 5.11 Å². The smallest absolute Gasteiger partial charge is 0.0855 e. The molecule has 1 heteroatoms. The van der Waals surface area contributed by atoms with Crippen LogP contribution in [0.1, 0.15) is 57.8 Å². The third-order valence-electron chi connectivity index (χ3n) is 3.92. The van der Waals surface area contributed by atoms with Gasteiger partial charge in [-0.05, 0) is 38.0 Å². The molecule has 0 aromatic rings. The highest BCUT2D eigenvalue weighted by Crippen LogP contribution is 2.37. The zero-order valence-electron chi connectivity index (χ0n) is 9.04. The van der Waals surface area contributed by atoms with Crippen molar-refractivity contribution in [2.45, 2.75) is 63.4 Å². The van der Waals surface area contributed by atoms with Gasteiger partial charge in [-0.3, -0.25) is 0 Å². The van der Waals surface area contributed by atoms with E-state index in [1.807, 2.05) is 0 Å². The van der Waals surface area contributed by atoms with Crippen LogP contribution in [-0.4, -0.2) is 10.7 Å². The third kappa shape index (κ3) is 2.20. The number of hydrogen-bond acceptors (Lipinski definition) is 1. The normalized spacial score (nSPS) is 35.5. The van der Waals surface area contributed by atoms with Crippen LogP contribution in [0, 0.1) is 5.92 Å². The van der Waals surface area contributed by atoms with E-state index in [0.29, 0.717) is 5.92 Å². The summed E-state index contributed by atoms with van der Waals surface area (Å²) >= 11 is 0. The number of rotatable bonds is 1. The average Bonchev–Trinajstić information content (AvgIpc) is 2.47. The van der Waals surface area contributed by atoms with Crippen molar-refractivity contribution in [3.63, 3.8) is 0 Å². The van der Waals surface area contributed by atoms with Gasteiger partial charge in [-0.15, -0.1) is 0 Å². The maximum Gasteiger partial charge on any atom is 0.0855 e. The van der Waals surface area contributed by atoms with Crippen LogP contribution >= 0.6 is 0 Å². The second-order valence-electron chi connectivity index (χ2n) is 4.97. The molecule has 0 bridgehead atoms. The Kier molecular flexibility index (Phi) is 3.27. The molecule has 80 valence electrons. The summed E-state index contributed by atoms with van der Waals surface area (Å²) in [6.07, 6.45) is 15.4. The lowest BCUT2D eigenvalue weighted by molar-refractivity contribution is 0.00754. The molecule has 1 saturated carbocycles.